The SMILES string of the molecule is [CH2]CCCCCCCCCCCC[CH]C1CCCCC1. The summed E-state index contributed by atoms with van der Waals surface area (Å²) in [5.41, 5.74) is 0. The molecule has 0 aromatic carbocycles. The van der Waals surface area contributed by atoms with E-state index in [9.17, 15) is 0 Å². The van der Waals surface area contributed by atoms with Crippen molar-refractivity contribution in [2.24, 2.45) is 5.92 Å². The highest BCUT2D eigenvalue weighted by Crippen LogP contribution is 2.27. The predicted molar refractivity (Wildman–Crippen MR) is 91.6 cm³/mol. The summed E-state index contributed by atoms with van der Waals surface area (Å²) in [7, 11) is 0. The molecular formula is C20H38. The average molecular weight is 279 g/mol. The van der Waals surface area contributed by atoms with Crippen LogP contribution in [0.2, 0.25) is 0 Å². The lowest BCUT2D eigenvalue weighted by atomic mass is 9.85. The first-order valence-electron chi connectivity index (χ1n) is 9.56. The van der Waals surface area contributed by atoms with Gasteiger partial charge in [-0.2, -0.15) is 0 Å². The summed E-state index contributed by atoms with van der Waals surface area (Å²) in [5.74, 6) is 0.974. The van der Waals surface area contributed by atoms with Crippen LogP contribution in [0, 0.1) is 19.3 Å². The third-order valence-corrected chi connectivity index (χ3v) is 4.85. The van der Waals surface area contributed by atoms with Crippen LogP contribution in [0.3, 0.4) is 0 Å². The molecule has 0 heterocycles. The van der Waals surface area contributed by atoms with E-state index < -0.39 is 0 Å². The van der Waals surface area contributed by atoms with Crippen molar-refractivity contribution in [1.82, 2.24) is 0 Å². The van der Waals surface area contributed by atoms with E-state index in [4.69, 9.17) is 0 Å². The van der Waals surface area contributed by atoms with Crippen molar-refractivity contribution >= 4 is 0 Å². The highest BCUT2D eigenvalue weighted by atomic mass is 14.2. The summed E-state index contributed by atoms with van der Waals surface area (Å²) in [5, 5.41) is 0. The van der Waals surface area contributed by atoms with E-state index in [1.54, 1.807) is 0 Å². The molecule has 1 saturated carbocycles. The van der Waals surface area contributed by atoms with Crippen LogP contribution in [0.1, 0.15) is 109 Å². The summed E-state index contributed by atoms with van der Waals surface area (Å²) in [4.78, 5) is 0. The van der Waals surface area contributed by atoms with Crippen molar-refractivity contribution in [3.05, 3.63) is 13.3 Å². The van der Waals surface area contributed by atoms with Gasteiger partial charge in [0.15, 0.2) is 0 Å². The quantitative estimate of drug-likeness (QED) is 0.310. The Morgan fingerprint density at radius 1 is 0.650 bits per heavy atom. The maximum atomic E-state index is 3.90. The smallest absolute Gasteiger partial charge is 0.0355 e. The third kappa shape index (κ3) is 10.7. The Hall–Kier alpha value is 0. The Morgan fingerprint density at radius 3 is 1.70 bits per heavy atom. The fourth-order valence-corrected chi connectivity index (χ4v) is 3.46. The monoisotopic (exact) mass is 278 g/mol. The molecular weight excluding hydrogens is 240 g/mol. The Labute approximate surface area is 129 Å². The number of rotatable bonds is 13. The van der Waals surface area contributed by atoms with Crippen molar-refractivity contribution in [3.63, 3.8) is 0 Å². The highest BCUT2D eigenvalue weighted by Gasteiger charge is 2.12. The maximum absolute atomic E-state index is 3.90. The number of unbranched alkanes of at least 4 members (excludes halogenated alkanes) is 11. The van der Waals surface area contributed by atoms with Gasteiger partial charge in [0.1, 0.15) is 0 Å². The van der Waals surface area contributed by atoms with Crippen molar-refractivity contribution in [3.8, 4) is 0 Å². The second kappa shape index (κ2) is 14.0. The van der Waals surface area contributed by atoms with Gasteiger partial charge < -0.3 is 0 Å². The van der Waals surface area contributed by atoms with Gasteiger partial charge in [-0.1, -0.05) is 110 Å². The van der Waals surface area contributed by atoms with Gasteiger partial charge in [0.25, 0.3) is 0 Å². The lowest BCUT2D eigenvalue weighted by Gasteiger charge is -2.20. The lowest BCUT2D eigenvalue weighted by Crippen LogP contribution is -2.06. The topological polar surface area (TPSA) is 0 Å². The van der Waals surface area contributed by atoms with Gasteiger partial charge in [-0.05, 0) is 18.8 Å². The summed E-state index contributed by atoms with van der Waals surface area (Å²) >= 11 is 0. The molecule has 0 bridgehead atoms. The van der Waals surface area contributed by atoms with E-state index in [2.05, 4.69) is 13.3 Å². The molecule has 0 heteroatoms. The molecule has 0 amide bonds. The molecule has 20 heavy (non-hydrogen) atoms. The molecule has 118 valence electrons. The minimum absolute atomic E-state index is 0.974. The molecule has 1 aliphatic rings. The van der Waals surface area contributed by atoms with E-state index >= 15 is 0 Å². The Bertz CT molecular complexity index is 178. The van der Waals surface area contributed by atoms with Crippen LogP contribution in [0.25, 0.3) is 0 Å². The molecule has 0 nitrogen and oxygen atoms in total. The van der Waals surface area contributed by atoms with Crippen LogP contribution in [-0.2, 0) is 0 Å². The van der Waals surface area contributed by atoms with E-state index in [-0.39, 0.29) is 0 Å². The zero-order valence-corrected chi connectivity index (χ0v) is 13.9. The zero-order valence-electron chi connectivity index (χ0n) is 13.9. The van der Waals surface area contributed by atoms with Gasteiger partial charge >= 0.3 is 0 Å². The number of hydrogen-bond acceptors (Lipinski definition) is 0. The molecule has 0 aromatic rings. The van der Waals surface area contributed by atoms with Crippen molar-refractivity contribution in [2.75, 3.05) is 0 Å². The molecule has 2 radical (unpaired) electrons. The van der Waals surface area contributed by atoms with E-state index in [1.165, 1.54) is 103 Å². The van der Waals surface area contributed by atoms with Crippen LogP contribution >= 0.6 is 0 Å². The first-order valence-corrected chi connectivity index (χ1v) is 9.56. The standard InChI is InChI=1S/C20H38/c1-2-3-4-5-6-7-8-9-10-11-12-14-17-20-18-15-13-16-19-20/h17,20H,1-16,18-19H2. The fraction of sp³-hybridized carbons (Fsp3) is 0.900. The van der Waals surface area contributed by atoms with E-state index in [0.29, 0.717) is 0 Å². The normalized spacial score (nSPS) is 16.6. The first-order chi connectivity index (χ1) is 9.93. The van der Waals surface area contributed by atoms with E-state index in [1.807, 2.05) is 0 Å². The summed E-state index contributed by atoms with van der Waals surface area (Å²) < 4.78 is 0. The minimum Gasteiger partial charge on any atom is -0.0533 e. The Balaban J connectivity index is 1.70. The molecule has 1 fully saturated rings. The summed E-state index contributed by atoms with van der Waals surface area (Å²) in [6, 6.07) is 0. The van der Waals surface area contributed by atoms with Crippen molar-refractivity contribution in [1.29, 1.82) is 0 Å². The Morgan fingerprint density at radius 2 is 1.15 bits per heavy atom. The third-order valence-electron chi connectivity index (χ3n) is 4.85. The number of hydrogen-bond donors (Lipinski definition) is 0. The van der Waals surface area contributed by atoms with Gasteiger partial charge in [-0.25, -0.2) is 0 Å². The van der Waals surface area contributed by atoms with Crippen LogP contribution in [0.4, 0.5) is 0 Å². The van der Waals surface area contributed by atoms with Crippen LogP contribution in [0.5, 0.6) is 0 Å². The van der Waals surface area contributed by atoms with Crippen LogP contribution < -0.4 is 0 Å². The predicted octanol–water partition coefficient (Wildman–Crippen LogP) is 7.29. The molecule has 1 rings (SSSR count). The first kappa shape index (κ1) is 18.1. The summed E-state index contributed by atoms with van der Waals surface area (Å²) in [6.07, 6.45) is 27.0. The molecule has 0 saturated heterocycles. The van der Waals surface area contributed by atoms with Crippen molar-refractivity contribution < 1.29 is 0 Å². The molecule has 0 spiro atoms. The highest BCUT2D eigenvalue weighted by molar-refractivity contribution is 4.79. The minimum atomic E-state index is 0.974. The van der Waals surface area contributed by atoms with Gasteiger partial charge in [-0.3, -0.25) is 0 Å². The van der Waals surface area contributed by atoms with Gasteiger partial charge in [0.05, 0.1) is 0 Å². The lowest BCUT2D eigenvalue weighted by molar-refractivity contribution is 0.387. The molecule has 0 aliphatic heterocycles. The summed E-state index contributed by atoms with van der Waals surface area (Å²) in [6.45, 7) is 3.90. The van der Waals surface area contributed by atoms with Gasteiger partial charge in [0, 0.05) is 0 Å². The van der Waals surface area contributed by atoms with Crippen LogP contribution in [-0.4, -0.2) is 0 Å². The molecule has 0 unspecified atom stereocenters. The van der Waals surface area contributed by atoms with Crippen molar-refractivity contribution in [2.45, 2.75) is 109 Å². The molecule has 0 aromatic heterocycles. The zero-order chi connectivity index (χ0) is 14.3. The molecule has 0 atom stereocenters. The Kier molecular flexibility index (Phi) is 12.6. The molecule has 1 aliphatic carbocycles. The largest absolute Gasteiger partial charge is 0.0533 e. The fourth-order valence-electron chi connectivity index (χ4n) is 3.46. The van der Waals surface area contributed by atoms with Gasteiger partial charge in [0.2, 0.25) is 0 Å². The second-order valence-corrected chi connectivity index (χ2v) is 6.81. The average Bonchev–Trinajstić information content (AvgIpc) is 2.49. The van der Waals surface area contributed by atoms with Gasteiger partial charge in [-0.15, -0.1) is 0 Å². The molecule has 0 N–H and O–H groups in total. The maximum Gasteiger partial charge on any atom is -0.0355 e. The second-order valence-electron chi connectivity index (χ2n) is 6.81. The van der Waals surface area contributed by atoms with E-state index in [0.717, 1.165) is 12.3 Å². The van der Waals surface area contributed by atoms with Crippen LogP contribution in [0.15, 0.2) is 0 Å².